The second kappa shape index (κ2) is 8.45. The summed E-state index contributed by atoms with van der Waals surface area (Å²) in [5.41, 5.74) is 2.80. The molecule has 2 atom stereocenters. The van der Waals surface area contributed by atoms with E-state index in [0.717, 1.165) is 5.56 Å². The van der Waals surface area contributed by atoms with Crippen LogP contribution in [-0.2, 0) is 29.9 Å². The number of fused-ring (bicyclic) bond motifs is 1. The summed E-state index contributed by atoms with van der Waals surface area (Å²) in [6, 6.07) is 6.63. The van der Waals surface area contributed by atoms with Crippen molar-refractivity contribution in [3.8, 4) is 17.9 Å². The Balaban J connectivity index is 1.96. The number of carbonyl (C=O) groups is 1. The minimum atomic E-state index is -3.91. The molecule has 2 unspecified atom stereocenters. The first-order valence-corrected chi connectivity index (χ1v) is 11.0. The fraction of sp³-hybridized carbons (Fsp3) is 0.364. The Labute approximate surface area is 176 Å². The number of ketones is 1. The molecule has 2 aromatic rings. The smallest absolute Gasteiger partial charge is 0.242 e. The number of aliphatic hydroxyl groups excluding tert-OH is 1. The minimum Gasteiger partial charge on any atom is -0.379 e. The van der Waals surface area contributed by atoms with Crippen molar-refractivity contribution in [2.45, 2.75) is 50.2 Å². The van der Waals surface area contributed by atoms with E-state index in [1.807, 2.05) is 6.92 Å². The number of nitrogens with one attached hydrogen (secondary N) is 1. The van der Waals surface area contributed by atoms with Gasteiger partial charge in [0.1, 0.15) is 11.0 Å². The Morgan fingerprint density at radius 3 is 2.83 bits per heavy atom. The van der Waals surface area contributed by atoms with Crippen LogP contribution in [0, 0.1) is 30.1 Å². The molecule has 0 spiro atoms. The van der Waals surface area contributed by atoms with E-state index in [4.69, 9.17) is 0 Å². The van der Waals surface area contributed by atoms with Gasteiger partial charge >= 0.3 is 0 Å². The molecule has 2 N–H and O–H groups in total. The zero-order valence-corrected chi connectivity index (χ0v) is 17.9. The lowest BCUT2D eigenvalue weighted by Gasteiger charge is -2.17. The topological polar surface area (TPSA) is 112 Å². The van der Waals surface area contributed by atoms with Crippen LogP contribution in [0.15, 0.2) is 29.3 Å². The average molecular weight is 426 g/mol. The fourth-order valence-electron chi connectivity index (χ4n) is 3.75. The van der Waals surface area contributed by atoms with Gasteiger partial charge in [-0.1, -0.05) is 18.1 Å². The maximum atomic E-state index is 13.1. The molecule has 0 aliphatic carbocycles. The summed E-state index contributed by atoms with van der Waals surface area (Å²) in [6.07, 6.45) is 0.989. The summed E-state index contributed by atoms with van der Waals surface area (Å²) in [7, 11) is -2.27. The van der Waals surface area contributed by atoms with E-state index < -0.39 is 22.2 Å². The van der Waals surface area contributed by atoms with Crippen LogP contribution in [0.25, 0.3) is 0 Å². The molecule has 8 heteroatoms. The fourth-order valence-corrected chi connectivity index (χ4v) is 5.34. The third-order valence-corrected chi connectivity index (χ3v) is 6.82. The van der Waals surface area contributed by atoms with Crippen molar-refractivity contribution in [1.29, 1.82) is 5.26 Å². The molecule has 0 bridgehead atoms. The van der Waals surface area contributed by atoms with Crippen LogP contribution in [0.1, 0.15) is 46.1 Å². The van der Waals surface area contributed by atoms with E-state index in [2.05, 4.69) is 22.6 Å². The third kappa shape index (κ3) is 4.17. The Morgan fingerprint density at radius 1 is 1.43 bits per heavy atom. The van der Waals surface area contributed by atoms with Crippen LogP contribution < -0.4 is 4.72 Å². The van der Waals surface area contributed by atoms with Gasteiger partial charge in [0, 0.05) is 25.2 Å². The number of hydrogen-bond donors (Lipinski definition) is 2. The van der Waals surface area contributed by atoms with Gasteiger partial charge in [-0.15, -0.1) is 5.92 Å². The molecule has 1 aliphatic heterocycles. The molecule has 0 saturated carbocycles. The first-order valence-electron chi connectivity index (χ1n) is 9.51. The van der Waals surface area contributed by atoms with Crippen molar-refractivity contribution in [3.05, 3.63) is 52.3 Å². The highest BCUT2D eigenvalue weighted by molar-refractivity contribution is 7.89. The Morgan fingerprint density at radius 2 is 2.17 bits per heavy atom. The van der Waals surface area contributed by atoms with Gasteiger partial charge in [0.25, 0.3) is 0 Å². The predicted molar refractivity (Wildman–Crippen MR) is 111 cm³/mol. The Hall–Kier alpha value is -2.91. The summed E-state index contributed by atoms with van der Waals surface area (Å²) in [5.74, 6) is 4.94. The molecule has 0 amide bonds. The summed E-state index contributed by atoms with van der Waals surface area (Å²) in [4.78, 5) is 13.2. The highest BCUT2D eigenvalue weighted by Gasteiger charge is 2.34. The molecule has 3 rings (SSSR count). The number of hydrogen-bond acceptors (Lipinski definition) is 5. The van der Waals surface area contributed by atoms with E-state index in [-0.39, 0.29) is 17.1 Å². The number of Topliss-reactive ketones (excluding diaryl/α,β-unsaturated/α-hetero) is 1. The van der Waals surface area contributed by atoms with Gasteiger partial charge in [-0.3, -0.25) is 4.79 Å². The number of carbonyl (C=O) groups excluding carboxylic acids is 1. The highest BCUT2D eigenvalue weighted by Crippen LogP contribution is 2.29. The Bertz CT molecular complexity index is 1210. The van der Waals surface area contributed by atoms with Crippen molar-refractivity contribution in [2.24, 2.45) is 7.05 Å². The SMILES string of the molecule is CC#CC(O)C1CCc2c(cn(C)c2C(=O)Cc2ccc(C)c(C#N)c2)S(=O)(=O)N1. The molecule has 1 aromatic carbocycles. The zero-order valence-electron chi connectivity index (χ0n) is 17.1. The van der Waals surface area contributed by atoms with Crippen molar-refractivity contribution in [3.63, 3.8) is 0 Å². The summed E-state index contributed by atoms with van der Waals surface area (Å²) in [6.45, 7) is 3.40. The molecular weight excluding hydrogens is 402 g/mol. The first-order chi connectivity index (χ1) is 14.2. The number of aromatic nitrogens is 1. The third-order valence-electron chi connectivity index (χ3n) is 5.27. The van der Waals surface area contributed by atoms with Crippen molar-refractivity contribution < 1.29 is 18.3 Å². The van der Waals surface area contributed by atoms with Crippen molar-refractivity contribution >= 4 is 15.8 Å². The number of nitrogens with zero attached hydrogens (tertiary/aromatic N) is 2. The van der Waals surface area contributed by atoms with E-state index >= 15 is 0 Å². The average Bonchev–Trinajstić information content (AvgIpc) is 2.97. The number of benzene rings is 1. The van der Waals surface area contributed by atoms with Crippen molar-refractivity contribution in [1.82, 2.24) is 9.29 Å². The van der Waals surface area contributed by atoms with E-state index in [1.165, 1.54) is 10.8 Å². The molecule has 0 fully saturated rings. The van der Waals surface area contributed by atoms with Crippen molar-refractivity contribution in [2.75, 3.05) is 0 Å². The molecule has 2 heterocycles. The van der Waals surface area contributed by atoms with Gasteiger partial charge in [-0.2, -0.15) is 5.26 Å². The number of aryl methyl sites for hydroxylation is 2. The van der Waals surface area contributed by atoms with E-state index in [9.17, 15) is 23.6 Å². The summed E-state index contributed by atoms with van der Waals surface area (Å²) < 4.78 is 29.7. The van der Waals surface area contributed by atoms with Crippen LogP contribution in [-0.4, -0.2) is 36.0 Å². The van der Waals surface area contributed by atoms with E-state index in [1.54, 1.807) is 32.2 Å². The summed E-state index contributed by atoms with van der Waals surface area (Å²) in [5, 5.41) is 19.4. The standard InChI is InChI=1S/C22H23N3O4S/c1-4-5-19(26)18-9-8-17-21(30(28,29)24-18)13-25(3)22(17)20(27)11-15-7-6-14(2)16(10-15)12-23/h6-7,10,13,18-19,24,26H,8-9,11H2,1-3H3. The van der Waals surface area contributed by atoms with Crippen LogP contribution >= 0.6 is 0 Å². The molecule has 7 nitrogen and oxygen atoms in total. The largest absolute Gasteiger partial charge is 0.379 e. The second-order valence-electron chi connectivity index (χ2n) is 7.40. The maximum absolute atomic E-state index is 13.1. The molecule has 0 saturated heterocycles. The molecule has 1 aromatic heterocycles. The number of rotatable bonds is 4. The highest BCUT2D eigenvalue weighted by atomic mass is 32.2. The molecule has 30 heavy (non-hydrogen) atoms. The molecular formula is C22H23N3O4S. The predicted octanol–water partition coefficient (Wildman–Crippen LogP) is 1.61. The zero-order chi connectivity index (χ0) is 22.1. The number of aliphatic hydroxyl groups is 1. The molecule has 156 valence electrons. The van der Waals surface area contributed by atoms with Gasteiger partial charge in [0.05, 0.1) is 23.4 Å². The van der Waals surface area contributed by atoms with E-state index in [0.29, 0.717) is 35.2 Å². The maximum Gasteiger partial charge on any atom is 0.242 e. The second-order valence-corrected chi connectivity index (χ2v) is 9.08. The van der Waals surface area contributed by atoms with Gasteiger partial charge in [0.2, 0.25) is 10.0 Å². The molecule has 0 radical (unpaired) electrons. The number of sulfonamides is 1. The normalized spacial score (nSPS) is 18.3. The van der Waals surface area contributed by atoms with Crippen LogP contribution in [0.4, 0.5) is 0 Å². The monoisotopic (exact) mass is 425 g/mol. The van der Waals surface area contributed by atoms with Gasteiger partial charge < -0.3 is 9.67 Å². The quantitative estimate of drug-likeness (QED) is 0.571. The lowest BCUT2D eigenvalue weighted by molar-refractivity contribution is 0.0984. The lowest BCUT2D eigenvalue weighted by Crippen LogP contribution is -2.41. The Kier molecular flexibility index (Phi) is 6.14. The number of nitriles is 1. The summed E-state index contributed by atoms with van der Waals surface area (Å²) >= 11 is 0. The van der Waals surface area contributed by atoms with Gasteiger partial charge in [0.15, 0.2) is 5.78 Å². The lowest BCUT2D eigenvalue weighted by atomic mass is 9.97. The van der Waals surface area contributed by atoms with Gasteiger partial charge in [-0.25, -0.2) is 13.1 Å². The van der Waals surface area contributed by atoms with Crippen LogP contribution in [0.2, 0.25) is 0 Å². The van der Waals surface area contributed by atoms with Gasteiger partial charge in [-0.05, 0) is 43.9 Å². The first kappa shape index (κ1) is 21.8. The van der Waals surface area contributed by atoms with Crippen LogP contribution in [0.3, 0.4) is 0 Å². The molecule has 1 aliphatic rings. The van der Waals surface area contributed by atoms with Crippen LogP contribution in [0.5, 0.6) is 0 Å². The minimum absolute atomic E-state index is 0.0501.